The van der Waals surface area contributed by atoms with Gasteiger partial charge in [-0.1, -0.05) is 168 Å². The summed E-state index contributed by atoms with van der Waals surface area (Å²) in [6.45, 7) is 0. The van der Waals surface area contributed by atoms with Crippen molar-refractivity contribution in [3.8, 4) is 0 Å². The van der Waals surface area contributed by atoms with Gasteiger partial charge in [0, 0.05) is 0 Å². The lowest BCUT2D eigenvalue weighted by atomic mass is 9.96. The van der Waals surface area contributed by atoms with Crippen LogP contribution in [0.25, 0.3) is 0 Å². The second kappa shape index (κ2) is 10.2. The zero-order chi connectivity index (χ0) is 21.4. The second-order valence-corrected chi connectivity index (χ2v) is 13.3. The van der Waals surface area contributed by atoms with Crippen LogP contribution < -0.4 is 0 Å². The van der Waals surface area contributed by atoms with Crippen molar-refractivity contribution >= 4 is 95.6 Å². The van der Waals surface area contributed by atoms with E-state index in [-0.39, 0.29) is 29.0 Å². The van der Waals surface area contributed by atoms with E-state index >= 15 is 0 Å². The Labute approximate surface area is 228 Å². The normalized spacial score (nSPS) is 29.0. The van der Waals surface area contributed by atoms with Crippen molar-refractivity contribution in [3.63, 3.8) is 0 Å². The highest BCUT2D eigenvalue weighted by Gasteiger charge is 2.25. The molecule has 30 heavy (non-hydrogen) atoms. The number of hydrogen-bond acceptors (Lipinski definition) is 0. The highest BCUT2D eigenvalue weighted by atomic mass is 79.9. The van der Waals surface area contributed by atoms with Gasteiger partial charge in [0.2, 0.25) is 0 Å². The van der Waals surface area contributed by atoms with Gasteiger partial charge in [-0.2, -0.15) is 0 Å². The smallest absolute Gasteiger partial charge is 0.0561 e. The van der Waals surface area contributed by atoms with Crippen LogP contribution >= 0.6 is 95.6 Å². The van der Waals surface area contributed by atoms with E-state index < -0.39 is 0 Å². The molecule has 6 bridgehead atoms. The highest BCUT2D eigenvalue weighted by Crippen LogP contribution is 2.47. The standard InChI is InChI=1S/C24H18Br6/c25-19-13-1-2-14(4-3-13)20(26)22(28)16-9-11-18(12-10-16)24(30)23(29)17-7-5-15(6-8-17)21(19)27/h1-12,19-24H/t19-,20-,21-,22+,23+,24-/m1/s1. The van der Waals surface area contributed by atoms with Gasteiger partial charge in [0.05, 0.1) is 29.0 Å². The fourth-order valence-electron chi connectivity index (χ4n) is 3.60. The molecule has 3 aromatic carbocycles. The summed E-state index contributed by atoms with van der Waals surface area (Å²) < 4.78 is 0. The fourth-order valence-corrected chi connectivity index (χ4v) is 7.27. The molecule has 0 aromatic heterocycles. The molecule has 0 N–H and O–H groups in total. The molecular formula is C24H18Br6. The predicted octanol–water partition coefficient (Wildman–Crippen LogP) is 10.7. The third-order valence-corrected chi connectivity index (χ3v) is 14.0. The summed E-state index contributed by atoms with van der Waals surface area (Å²) in [5.74, 6) is 0. The van der Waals surface area contributed by atoms with Gasteiger partial charge in [-0.15, -0.1) is 0 Å². The van der Waals surface area contributed by atoms with Gasteiger partial charge in [0.1, 0.15) is 0 Å². The molecule has 7 rings (SSSR count). The lowest BCUT2D eigenvalue weighted by molar-refractivity contribution is 0.901. The maximum absolute atomic E-state index is 3.90. The van der Waals surface area contributed by atoms with E-state index in [0.717, 1.165) is 0 Å². The van der Waals surface area contributed by atoms with E-state index in [1.807, 2.05) is 0 Å². The van der Waals surface area contributed by atoms with Gasteiger partial charge < -0.3 is 0 Å². The van der Waals surface area contributed by atoms with Gasteiger partial charge in [0.15, 0.2) is 0 Å². The Morgan fingerprint density at radius 2 is 0.367 bits per heavy atom. The Kier molecular flexibility index (Phi) is 8.06. The summed E-state index contributed by atoms with van der Waals surface area (Å²) in [4.78, 5) is 1.09. The van der Waals surface area contributed by atoms with Gasteiger partial charge in [-0.05, 0) is 33.4 Å². The third kappa shape index (κ3) is 4.89. The quantitative estimate of drug-likeness (QED) is 0.199. The van der Waals surface area contributed by atoms with E-state index in [2.05, 4.69) is 168 Å². The average Bonchev–Trinajstić information content (AvgIpc) is 2.81. The summed E-state index contributed by atoms with van der Waals surface area (Å²) >= 11 is 23.4. The highest BCUT2D eigenvalue weighted by molar-refractivity contribution is 9.12. The lowest BCUT2D eigenvalue weighted by Gasteiger charge is -2.23. The third-order valence-electron chi connectivity index (χ3n) is 5.49. The monoisotopic (exact) mass is 780 g/mol. The summed E-state index contributed by atoms with van der Waals surface area (Å²) in [5, 5.41) is 0. The van der Waals surface area contributed by atoms with E-state index in [0.29, 0.717) is 0 Å². The summed E-state index contributed by atoms with van der Waals surface area (Å²) in [6.07, 6.45) is 0. The first-order valence-electron chi connectivity index (χ1n) is 9.51. The maximum Gasteiger partial charge on any atom is 0.0561 e. The Morgan fingerprint density at radius 1 is 0.267 bits per heavy atom. The summed E-state index contributed by atoms with van der Waals surface area (Å²) in [7, 11) is 0. The largest absolute Gasteiger partial charge is 0.0823 e. The first-order chi connectivity index (χ1) is 14.4. The first kappa shape index (κ1) is 23.7. The van der Waals surface area contributed by atoms with Crippen LogP contribution in [0.15, 0.2) is 72.8 Å². The molecule has 0 nitrogen and oxygen atoms in total. The van der Waals surface area contributed by atoms with Crippen molar-refractivity contribution < 1.29 is 0 Å². The molecule has 0 radical (unpaired) electrons. The molecule has 0 fully saturated rings. The molecule has 6 atom stereocenters. The Bertz CT molecular complexity index is 771. The molecule has 4 aliphatic carbocycles. The number of benzene rings is 3. The van der Waals surface area contributed by atoms with Crippen LogP contribution in [0.5, 0.6) is 0 Å². The number of rotatable bonds is 0. The van der Waals surface area contributed by atoms with Gasteiger partial charge in [0.25, 0.3) is 0 Å². The second-order valence-electron chi connectivity index (χ2n) is 7.41. The van der Waals surface area contributed by atoms with Crippen molar-refractivity contribution in [2.75, 3.05) is 0 Å². The van der Waals surface area contributed by atoms with Gasteiger partial charge >= 0.3 is 0 Å². The molecule has 0 unspecified atom stereocenters. The molecule has 0 heterocycles. The van der Waals surface area contributed by atoms with Crippen LogP contribution in [-0.4, -0.2) is 0 Å². The predicted molar refractivity (Wildman–Crippen MR) is 149 cm³/mol. The van der Waals surface area contributed by atoms with E-state index in [1.165, 1.54) is 33.4 Å². The molecule has 3 aromatic rings. The Morgan fingerprint density at radius 3 is 0.467 bits per heavy atom. The van der Waals surface area contributed by atoms with Crippen LogP contribution in [-0.2, 0) is 0 Å². The Balaban J connectivity index is 1.80. The molecule has 0 spiro atoms. The van der Waals surface area contributed by atoms with Crippen LogP contribution in [0, 0.1) is 0 Å². The molecule has 0 saturated heterocycles. The molecule has 0 saturated carbocycles. The molecule has 156 valence electrons. The van der Waals surface area contributed by atoms with Crippen molar-refractivity contribution in [1.29, 1.82) is 0 Å². The molecular weight excluding hydrogens is 768 g/mol. The molecule has 0 aliphatic heterocycles. The summed E-state index contributed by atoms with van der Waals surface area (Å²) in [5.41, 5.74) is 7.50. The zero-order valence-electron chi connectivity index (χ0n) is 15.7. The number of hydrogen-bond donors (Lipinski definition) is 0. The first-order valence-corrected chi connectivity index (χ1v) is 15.0. The number of fused-ring (bicyclic) bond motifs is 3. The SMILES string of the molecule is Br[C@@H]1c2ccc(cc2)[C@@H](Br)[C@@H](Br)c2ccc(cc2)[C@@H](Br)[C@@H](Br)c2ccc(cc2)[C@H]1Br. The summed E-state index contributed by atoms with van der Waals surface area (Å²) in [6, 6.07) is 26.5. The van der Waals surface area contributed by atoms with Crippen molar-refractivity contribution in [3.05, 3.63) is 106 Å². The minimum absolute atomic E-state index is 0.181. The zero-order valence-corrected chi connectivity index (χ0v) is 25.2. The van der Waals surface area contributed by atoms with E-state index in [1.54, 1.807) is 0 Å². The van der Waals surface area contributed by atoms with Crippen molar-refractivity contribution in [1.82, 2.24) is 0 Å². The molecule has 6 heteroatoms. The molecule has 4 aliphatic rings. The maximum atomic E-state index is 3.90. The molecule has 0 amide bonds. The van der Waals surface area contributed by atoms with E-state index in [9.17, 15) is 0 Å². The minimum atomic E-state index is 0.181. The van der Waals surface area contributed by atoms with Gasteiger partial charge in [-0.3, -0.25) is 0 Å². The van der Waals surface area contributed by atoms with Crippen LogP contribution in [0.3, 0.4) is 0 Å². The van der Waals surface area contributed by atoms with Crippen molar-refractivity contribution in [2.24, 2.45) is 0 Å². The topological polar surface area (TPSA) is 0 Å². The number of halogens is 6. The lowest BCUT2D eigenvalue weighted by Crippen LogP contribution is -2.04. The number of alkyl halides is 6. The van der Waals surface area contributed by atoms with Crippen LogP contribution in [0.1, 0.15) is 62.3 Å². The van der Waals surface area contributed by atoms with Crippen molar-refractivity contribution in [2.45, 2.75) is 29.0 Å². The fraction of sp³-hybridized carbons (Fsp3) is 0.250. The van der Waals surface area contributed by atoms with Crippen LogP contribution in [0.4, 0.5) is 0 Å². The minimum Gasteiger partial charge on any atom is -0.0823 e. The van der Waals surface area contributed by atoms with E-state index in [4.69, 9.17) is 0 Å². The average molecular weight is 786 g/mol. The van der Waals surface area contributed by atoms with Gasteiger partial charge in [-0.25, -0.2) is 0 Å². The Hall–Kier alpha value is 0.540. The van der Waals surface area contributed by atoms with Crippen LogP contribution in [0.2, 0.25) is 0 Å².